The number of benzene rings is 1. The molecule has 1 N–H and O–H groups in total. The minimum absolute atomic E-state index is 0.637. The highest BCUT2D eigenvalue weighted by molar-refractivity contribution is 7.87. The SMILES string of the molecule is Cc1cccc(C(C#N)NS(=O)(=O)N(C)C)c1. The summed E-state index contributed by atoms with van der Waals surface area (Å²) >= 11 is 0. The average molecular weight is 253 g/mol. The molecule has 0 heterocycles. The maximum atomic E-state index is 11.6. The largest absolute Gasteiger partial charge is 0.280 e. The van der Waals surface area contributed by atoms with Crippen molar-refractivity contribution in [3.05, 3.63) is 35.4 Å². The zero-order valence-electron chi connectivity index (χ0n) is 10.0. The van der Waals surface area contributed by atoms with Crippen molar-refractivity contribution in [2.45, 2.75) is 13.0 Å². The minimum Gasteiger partial charge on any atom is -0.196 e. The van der Waals surface area contributed by atoms with E-state index in [0.29, 0.717) is 5.56 Å². The fraction of sp³-hybridized carbons (Fsp3) is 0.364. The number of nitrogens with one attached hydrogen (secondary N) is 1. The van der Waals surface area contributed by atoms with Gasteiger partial charge in [-0.1, -0.05) is 29.8 Å². The molecule has 0 aliphatic rings. The van der Waals surface area contributed by atoms with Crippen LogP contribution in [0.25, 0.3) is 0 Å². The Bertz CT molecular complexity index is 532. The fourth-order valence-electron chi connectivity index (χ4n) is 1.27. The third-order valence-electron chi connectivity index (χ3n) is 2.25. The molecule has 1 aromatic carbocycles. The van der Waals surface area contributed by atoms with E-state index < -0.39 is 16.3 Å². The molecule has 6 heteroatoms. The normalized spacial score (nSPS) is 13.4. The van der Waals surface area contributed by atoms with Crippen LogP contribution in [0.2, 0.25) is 0 Å². The Kier molecular flexibility index (Phi) is 4.23. The fourth-order valence-corrected chi connectivity index (χ4v) is 1.97. The molecule has 0 saturated carbocycles. The molecule has 92 valence electrons. The molecule has 0 amide bonds. The Morgan fingerprint density at radius 2 is 2.06 bits per heavy atom. The molecule has 0 spiro atoms. The second-order valence-corrected chi connectivity index (χ2v) is 5.80. The molecular formula is C11H15N3O2S. The van der Waals surface area contributed by atoms with E-state index in [1.165, 1.54) is 14.1 Å². The van der Waals surface area contributed by atoms with Gasteiger partial charge in [0.05, 0.1) is 6.07 Å². The van der Waals surface area contributed by atoms with Gasteiger partial charge in [-0.05, 0) is 12.5 Å². The predicted octanol–water partition coefficient (Wildman–Crippen LogP) is 0.956. The van der Waals surface area contributed by atoms with Crippen LogP contribution in [0.15, 0.2) is 24.3 Å². The van der Waals surface area contributed by atoms with Crippen LogP contribution in [0, 0.1) is 18.3 Å². The molecule has 0 aliphatic carbocycles. The van der Waals surface area contributed by atoms with Gasteiger partial charge in [0, 0.05) is 14.1 Å². The molecule has 0 aliphatic heterocycles. The smallest absolute Gasteiger partial charge is 0.196 e. The third-order valence-corrected chi connectivity index (χ3v) is 3.75. The van der Waals surface area contributed by atoms with Crippen LogP contribution >= 0.6 is 0 Å². The third kappa shape index (κ3) is 3.53. The minimum atomic E-state index is -3.61. The highest BCUT2D eigenvalue weighted by Gasteiger charge is 2.20. The Balaban J connectivity index is 3.00. The summed E-state index contributed by atoms with van der Waals surface area (Å²) in [6.45, 7) is 1.89. The summed E-state index contributed by atoms with van der Waals surface area (Å²) in [6, 6.07) is 8.25. The van der Waals surface area contributed by atoms with Gasteiger partial charge in [-0.3, -0.25) is 0 Å². The number of nitrogens with zero attached hydrogens (tertiary/aromatic N) is 2. The first kappa shape index (κ1) is 13.6. The van der Waals surface area contributed by atoms with Crippen molar-refractivity contribution in [1.29, 1.82) is 5.26 Å². The van der Waals surface area contributed by atoms with Crippen molar-refractivity contribution >= 4 is 10.2 Å². The van der Waals surface area contributed by atoms with Gasteiger partial charge in [-0.2, -0.15) is 22.7 Å². The zero-order valence-corrected chi connectivity index (χ0v) is 10.8. The molecular weight excluding hydrogens is 238 g/mol. The van der Waals surface area contributed by atoms with Gasteiger partial charge >= 0.3 is 0 Å². The van der Waals surface area contributed by atoms with Crippen molar-refractivity contribution in [2.24, 2.45) is 0 Å². The summed E-state index contributed by atoms with van der Waals surface area (Å²) in [5.74, 6) is 0. The summed E-state index contributed by atoms with van der Waals surface area (Å²) in [5.41, 5.74) is 1.62. The number of nitriles is 1. The maximum absolute atomic E-state index is 11.6. The average Bonchev–Trinajstić information content (AvgIpc) is 2.25. The van der Waals surface area contributed by atoms with Crippen LogP contribution in [0.3, 0.4) is 0 Å². The monoisotopic (exact) mass is 253 g/mol. The maximum Gasteiger partial charge on any atom is 0.280 e. The first-order valence-corrected chi connectivity index (χ1v) is 6.47. The zero-order chi connectivity index (χ0) is 13.1. The molecule has 17 heavy (non-hydrogen) atoms. The molecule has 0 bridgehead atoms. The van der Waals surface area contributed by atoms with Crippen LogP contribution in [0.5, 0.6) is 0 Å². The lowest BCUT2D eigenvalue weighted by Gasteiger charge is -2.16. The lowest BCUT2D eigenvalue weighted by molar-refractivity contribution is 0.500. The molecule has 5 nitrogen and oxygen atoms in total. The second-order valence-electron chi connectivity index (χ2n) is 3.88. The lowest BCUT2D eigenvalue weighted by Crippen LogP contribution is -2.37. The first-order valence-electron chi connectivity index (χ1n) is 5.03. The van der Waals surface area contributed by atoms with Crippen LogP contribution in [0.1, 0.15) is 17.2 Å². The molecule has 1 atom stereocenters. The Labute approximate surface area is 102 Å². The number of hydrogen-bond donors (Lipinski definition) is 1. The van der Waals surface area contributed by atoms with E-state index >= 15 is 0 Å². The summed E-state index contributed by atoms with van der Waals surface area (Å²) in [7, 11) is -0.790. The quantitative estimate of drug-likeness (QED) is 0.868. The van der Waals surface area contributed by atoms with E-state index in [9.17, 15) is 8.42 Å². The summed E-state index contributed by atoms with van der Waals surface area (Å²) in [4.78, 5) is 0. The standard InChI is InChI=1S/C11H15N3O2S/c1-9-5-4-6-10(7-9)11(8-12)13-17(15,16)14(2)3/h4-7,11,13H,1-3H3. The van der Waals surface area contributed by atoms with Crippen LogP contribution in [0.4, 0.5) is 0 Å². The van der Waals surface area contributed by atoms with E-state index in [1.54, 1.807) is 18.2 Å². The van der Waals surface area contributed by atoms with Gasteiger partial charge in [-0.15, -0.1) is 0 Å². The molecule has 0 radical (unpaired) electrons. The summed E-state index contributed by atoms with van der Waals surface area (Å²) in [5, 5.41) is 9.02. The van der Waals surface area contributed by atoms with Gasteiger partial charge in [-0.25, -0.2) is 0 Å². The first-order chi connectivity index (χ1) is 7.86. The highest BCUT2D eigenvalue weighted by atomic mass is 32.2. The van der Waals surface area contributed by atoms with E-state index in [4.69, 9.17) is 5.26 Å². The van der Waals surface area contributed by atoms with Gasteiger partial charge in [0.15, 0.2) is 0 Å². The molecule has 1 aromatic rings. The molecule has 0 saturated heterocycles. The van der Waals surface area contributed by atoms with Gasteiger partial charge in [0.1, 0.15) is 6.04 Å². The summed E-state index contributed by atoms with van der Waals surface area (Å²) in [6.07, 6.45) is 0. The van der Waals surface area contributed by atoms with E-state index in [0.717, 1.165) is 9.87 Å². The number of hydrogen-bond acceptors (Lipinski definition) is 3. The van der Waals surface area contributed by atoms with Crippen LogP contribution in [-0.4, -0.2) is 26.8 Å². The van der Waals surface area contributed by atoms with Gasteiger partial charge in [0.2, 0.25) is 0 Å². The Morgan fingerprint density at radius 1 is 1.41 bits per heavy atom. The van der Waals surface area contributed by atoms with Crippen molar-refractivity contribution in [2.75, 3.05) is 14.1 Å². The van der Waals surface area contributed by atoms with Crippen molar-refractivity contribution in [1.82, 2.24) is 9.03 Å². The number of rotatable bonds is 4. The van der Waals surface area contributed by atoms with Gasteiger partial charge < -0.3 is 0 Å². The predicted molar refractivity (Wildman–Crippen MR) is 65.3 cm³/mol. The van der Waals surface area contributed by atoms with Crippen LogP contribution < -0.4 is 4.72 Å². The van der Waals surface area contributed by atoms with E-state index in [-0.39, 0.29) is 0 Å². The second kappa shape index (κ2) is 5.27. The highest BCUT2D eigenvalue weighted by Crippen LogP contribution is 2.15. The molecule has 0 fully saturated rings. The van der Waals surface area contributed by atoms with Crippen LogP contribution in [-0.2, 0) is 10.2 Å². The lowest BCUT2D eigenvalue weighted by atomic mass is 10.1. The topological polar surface area (TPSA) is 73.2 Å². The number of aryl methyl sites for hydroxylation is 1. The van der Waals surface area contributed by atoms with E-state index in [1.807, 2.05) is 19.1 Å². The van der Waals surface area contributed by atoms with Gasteiger partial charge in [0.25, 0.3) is 10.2 Å². The van der Waals surface area contributed by atoms with Crippen molar-refractivity contribution < 1.29 is 8.42 Å². The molecule has 1 unspecified atom stereocenters. The van der Waals surface area contributed by atoms with E-state index in [2.05, 4.69) is 4.72 Å². The van der Waals surface area contributed by atoms with Crippen molar-refractivity contribution in [3.63, 3.8) is 0 Å². The Morgan fingerprint density at radius 3 is 2.53 bits per heavy atom. The molecule has 1 rings (SSSR count). The Hall–Kier alpha value is -1.42. The summed E-state index contributed by atoms with van der Waals surface area (Å²) < 4.78 is 26.6. The molecule has 0 aromatic heterocycles. The van der Waals surface area contributed by atoms with Crippen molar-refractivity contribution in [3.8, 4) is 6.07 Å².